The summed E-state index contributed by atoms with van der Waals surface area (Å²) < 4.78 is 20.3. The second-order valence-electron chi connectivity index (χ2n) is 5.04. The van der Waals surface area contributed by atoms with Crippen molar-refractivity contribution in [3.8, 4) is 5.75 Å². The molecule has 0 radical (unpaired) electrons. The summed E-state index contributed by atoms with van der Waals surface area (Å²) in [6.07, 6.45) is 1.72. The predicted octanol–water partition coefficient (Wildman–Crippen LogP) is 5.21. The second kappa shape index (κ2) is 5.55. The molecule has 0 spiro atoms. The highest BCUT2D eigenvalue weighted by Gasteiger charge is 2.46. The van der Waals surface area contributed by atoms with Crippen LogP contribution in [0, 0.1) is 5.82 Å². The van der Waals surface area contributed by atoms with Gasteiger partial charge in [0.15, 0.2) is 5.60 Å². The molecule has 0 bridgehead atoms. The highest BCUT2D eigenvalue weighted by molar-refractivity contribution is 9.10. The predicted molar refractivity (Wildman–Crippen MR) is 84.8 cm³/mol. The van der Waals surface area contributed by atoms with Crippen molar-refractivity contribution in [1.82, 2.24) is 11.1 Å². The summed E-state index contributed by atoms with van der Waals surface area (Å²) in [5.41, 5.74) is 1.06. The van der Waals surface area contributed by atoms with Crippen molar-refractivity contribution in [1.29, 1.82) is 0 Å². The van der Waals surface area contributed by atoms with Gasteiger partial charge in [0.2, 0.25) is 0 Å². The molecule has 0 amide bonds. The molecule has 2 heterocycles. The number of ether oxygens (including phenoxy) is 1. The topological polar surface area (TPSA) is 57.1 Å². The number of pyridine rings is 1. The van der Waals surface area contributed by atoms with Crippen LogP contribution in [0.1, 0.15) is 31.0 Å². The molecule has 0 aliphatic carbocycles. The van der Waals surface area contributed by atoms with Gasteiger partial charge in [-0.2, -0.15) is 0 Å². The van der Waals surface area contributed by atoms with Gasteiger partial charge in [-0.25, -0.2) is 4.39 Å². The van der Waals surface area contributed by atoms with Gasteiger partial charge in [0.05, 0.1) is 10.7 Å². The Bertz CT molecular complexity index is 683. The van der Waals surface area contributed by atoms with Crippen LogP contribution in [0.5, 0.6) is 5.75 Å². The lowest BCUT2D eigenvalue weighted by Crippen LogP contribution is -2.31. The van der Waals surface area contributed by atoms with E-state index in [0.717, 1.165) is 11.3 Å². The zero-order chi connectivity index (χ0) is 14.5. The summed E-state index contributed by atoms with van der Waals surface area (Å²) in [4.78, 5) is 4.37. The van der Waals surface area contributed by atoms with Gasteiger partial charge >= 0.3 is 0 Å². The molecule has 6 heteroatoms. The zero-order valence-electron chi connectivity index (χ0n) is 11.7. The molecule has 1 aliphatic rings. The molecule has 0 saturated carbocycles. The molecule has 0 unspecified atom stereocenters. The smallest absolute Gasteiger partial charge is 0.155 e. The van der Waals surface area contributed by atoms with Crippen molar-refractivity contribution in [3.05, 3.63) is 57.0 Å². The lowest BCUT2D eigenvalue weighted by Gasteiger charge is -2.28. The Labute approximate surface area is 136 Å². The Morgan fingerprint density at radius 1 is 1.43 bits per heavy atom. The van der Waals surface area contributed by atoms with Crippen LogP contribution in [0.2, 0.25) is 5.02 Å². The van der Waals surface area contributed by atoms with Crippen molar-refractivity contribution in [2.75, 3.05) is 0 Å². The lowest BCUT2D eigenvalue weighted by molar-refractivity contribution is 0.0872. The van der Waals surface area contributed by atoms with E-state index in [1.165, 1.54) is 6.07 Å². The molecule has 0 saturated heterocycles. The van der Waals surface area contributed by atoms with Gasteiger partial charge in [-0.05, 0) is 35.0 Å². The van der Waals surface area contributed by atoms with E-state index in [1.807, 2.05) is 32.0 Å². The number of rotatable bonds is 1. The van der Waals surface area contributed by atoms with Gasteiger partial charge < -0.3 is 10.9 Å². The number of halogens is 3. The third-order valence-electron chi connectivity index (χ3n) is 3.92. The van der Waals surface area contributed by atoms with Gasteiger partial charge in [-0.3, -0.25) is 4.98 Å². The van der Waals surface area contributed by atoms with Crippen molar-refractivity contribution in [2.45, 2.75) is 25.4 Å². The van der Waals surface area contributed by atoms with Crippen LogP contribution >= 0.6 is 27.5 Å². The molecule has 2 aromatic rings. The van der Waals surface area contributed by atoms with E-state index in [4.69, 9.17) is 16.3 Å². The van der Waals surface area contributed by atoms with E-state index in [-0.39, 0.29) is 17.1 Å². The van der Waals surface area contributed by atoms with Gasteiger partial charge in [0.25, 0.3) is 0 Å². The molecule has 1 aliphatic heterocycles. The van der Waals surface area contributed by atoms with Gasteiger partial charge in [0.1, 0.15) is 11.6 Å². The molecule has 0 fully saturated rings. The summed E-state index contributed by atoms with van der Waals surface area (Å²) in [6.45, 7) is 3.98. The quantitative estimate of drug-likeness (QED) is 0.698. The van der Waals surface area contributed by atoms with Crippen LogP contribution in [0.3, 0.4) is 0 Å². The first kappa shape index (κ1) is 16.2. The van der Waals surface area contributed by atoms with Crippen LogP contribution in [-0.4, -0.2) is 4.98 Å². The molecule has 1 aromatic carbocycles. The van der Waals surface area contributed by atoms with Crippen molar-refractivity contribution in [2.24, 2.45) is 0 Å². The molecule has 21 heavy (non-hydrogen) atoms. The van der Waals surface area contributed by atoms with Crippen molar-refractivity contribution >= 4 is 27.5 Å². The van der Waals surface area contributed by atoms with Gasteiger partial charge in [-0.1, -0.05) is 24.6 Å². The zero-order valence-corrected chi connectivity index (χ0v) is 14.0. The van der Waals surface area contributed by atoms with Crippen LogP contribution in [0.25, 0.3) is 0 Å². The number of benzene rings is 1. The highest BCUT2D eigenvalue weighted by Crippen LogP contribution is 2.53. The lowest BCUT2D eigenvalue weighted by atomic mass is 9.84. The van der Waals surface area contributed by atoms with Crippen molar-refractivity contribution < 1.29 is 9.13 Å². The SMILES string of the molecule is C[C@@H]1c2c(cc(F)c(Cl)c2Br)O[C@]1(C)c1ccccn1.N. The largest absolute Gasteiger partial charge is 0.480 e. The number of aromatic nitrogens is 1. The molecule has 1 aromatic heterocycles. The van der Waals surface area contributed by atoms with Gasteiger partial charge in [0, 0.05) is 28.2 Å². The molecule has 3 rings (SSSR count). The first-order valence-corrected chi connectivity index (χ1v) is 7.40. The third kappa shape index (κ3) is 2.33. The van der Waals surface area contributed by atoms with E-state index in [2.05, 4.69) is 20.9 Å². The van der Waals surface area contributed by atoms with E-state index < -0.39 is 11.4 Å². The summed E-state index contributed by atoms with van der Waals surface area (Å²) >= 11 is 9.35. The second-order valence-corrected chi connectivity index (χ2v) is 6.21. The third-order valence-corrected chi connectivity index (χ3v) is 5.34. The molecule has 3 N–H and O–H groups in total. The standard InChI is InChI=1S/C15H12BrClFNO.H3N/c1-8-12-10(7-9(18)14(17)13(12)16)20-15(8,2)11-5-3-4-6-19-11;/h3-8H,1-2H3;1H3/t8-,15+;/m1./s1. The Morgan fingerprint density at radius 3 is 2.76 bits per heavy atom. The van der Waals surface area contributed by atoms with Crippen LogP contribution < -0.4 is 10.9 Å². The van der Waals surface area contributed by atoms with E-state index in [1.54, 1.807) is 6.20 Å². The highest BCUT2D eigenvalue weighted by atomic mass is 79.9. The maximum absolute atomic E-state index is 13.8. The van der Waals surface area contributed by atoms with E-state index in [9.17, 15) is 4.39 Å². The number of fused-ring (bicyclic) bond motifs is 1. The Hall–Kier alpha value is -1.17. The normalized spacial score (nSPS) is 23.2. The minimum absolute atomic E-state index is 0. The Balaban J connectivity index is 0.00000161. The molecular weight excluding hydrogens is 359 g/mol. The van der Waals surface area contributed by atoms with Gasteiger partial charge in [-0.15, -0.1) is 0 Å². The average Bonchev–Trinajstić information content (AvgIpc) is 2.70. The molecular formula is C15H15BrClFN2O. The Morgan fingerprint density at radius 2 is 2.14 bits per heavy atom. The molecule has 2 atom stereocenters. The van der Waals surface area contributed by atoms with E-state index in [0.29, 0.717) is 10.2 Å². The minimum Gasteiger partial charge on any atom is -0.480 e. The van der Waals surface area contributed by atoms with Crippen LogP contribution in [0.15, 0.2) is 34.9 Å². The van der Waals surface area contributed by atoms with E-state index >= 15 is 0 Å². The number of hydrogen-bond acceptors (Lipinski definition) is 3. The van der Waals surface area contributed by atoms with Crippen LogP contribution in [0.4, 0.5) is 4.39 Å². The summed E-state index contributed by atoms with van der Waals surface area (Å²) in [5.74, 6) is 0.0223. The summed E-state index contributed by atoms with van der Waals surface area (Å²) in [6, 6.07) is 7.02. The van der Waals surface area contributed by atoms with Crippen molar-refractivity contribution in [3.63, 3.8) is 0 Å². The number of nitrogens with zero attached hydrogens (tertiary/aromatic N) is 1. The first-order valence-electron chi connectivity index (χ1n) is 6.23. The minimum atomic E-state index is -0.636. The van der Waals surface area contributed by atoms with Crippen LogP contribution in [-0.2, 0) is 5.60 Å². The first-order chi connectivity index (χ1) is 9.45. The monoisotopic (exact) mass is 372 g/mol. The fourth-order valence-electron chi connectivity index (χ4n) is 2.60. The Kier molecular flexibility index (Phi) is 4.29. The molecule has 3 nitrogen and oxygen atoms in total. The average molecular weight is 374 g/mol. The fourth-order valence-corrected chi connectivity index (χ4v) is 3.48. The maximum atomic E-state index is 13.8. The molecule has 112 valence electrons. The fraction of sp³-hybridized carbons (Fsp3) is 0.267. The summed E-state index contributed by atoms with van der Waals surface area (Å²) in [7, 11) is 0. The number of hydrogen-bond donors (Lipinski definition) is 1. The summed E-state index contributed by atoms with van der Waals surface area (Å²) in [5, 5.41) is 0.0875. The maximum Gasteiger partial charge on any atom is 0.155 e.